The number of carbonyl (C=O) groups is 3. The molecule has 0 heterocycles. The fourth-order valence-electron chi connectivity index (χ4n) is 2.70. The molecule has 0 saturated carbocycles. The Hall–Kier alpha value is -3.26. The Morgan fingerprint density at radius 1 is 0.939 bits per heavy atom. The van der Waals surface area contributed by atoms with Crippen LogP contribution >= 0.6 is 35.0 Å². The molecule has 0 spiro atoms. The predicted molar refractivity (Wildman–Crippen MR) is 133 cm³/mol. The largest absolute Gasteiger partial charge is 0.369 e. The van der Waals surface area contributed by atoms with Crippen LogP contribution < -0.4 is 16.4 Å². The van der Waals surface area contributed by atoms with E-state index in [-0.39, 0.29) is 11.4 Å². The summed E-state index contributed by atoms with van der Waals surface area (Å²) in [5.74, 6) is -1.24. The van der Waals surface area contributed by atoms with E-state index in [1.807, 2.05) is 0 Å². The van der Waals surface area contributed by atoms with Gasteiger partial charge in [0.2, 0.25) is 5.91 Å². The molecule has 0 radical (unpaired) electrons. The molecule has 168 valence electrons. The van der Waals surface area contributed by atoms with E-state index in [0.29, 0.717) is 26.9 Å². The fraction of sp³-hybridized carbons (Fsp3) is 0.0417. The number of hydrogen-bond acceptors (Lipinski definition) is 4. The van der Waals surface area contributed by atoms with Crippen LogP contribution in [0.25, 0.3) is 6.08 Å². The molecule has 0 aliphatic heterocycles. The molecule has 3 aromatic carbocycles. The summed E-state index contributed by atoms with van der Waals surface area (Å²) in [5, 5.41) is 6.18. The number of halogens is 2. The maximum atomic E-state index is 13.0. The third-order valence-corrected chi connectivity index (χ3v) is 5.88. The smallest absolute Gasteiger partial charge is 0.272 e. The molecule has 3 amide bonds. The summed E-state index contributed by atoms with van der Waals surface area (Å²) in [5.41, 5.74) is 6.57. The Morgan fingerprint density at radius 3 is 2.27 bits per heavy atom. The van der Waals surface area contributed by atoms with Crippen LogP contribution in [-0.2, 0) is 9.59 Å². The maximum absolute atomic E-state index is 13.0. The van der Waals surface area contributed by atoms with Crippen molar-refractivity contribution in [1.82, 2.24) is 5.32 Å². The van der Waals surface area contributed by atoms with Crippen molar-refractivity contribution in [2.24, 2.45) is 5.73 Å². The molecule has 9 heteroatoms. The first-order chi connectivity index (χ1) is 15.8. The van der Waals surface area contributed by atoms with Crippen LogP contribution in [-0.4, -0.2) is 23.5 Å². The number of thioether (sulfide) groups is 1. The quantitative estimate of drug-likeness (QED) is 0.300. The Kier molecular flexibility index (Phi) is 8.54. The summed E-state index contributed by atoms with van der Waals surface area (Å²) in [6.07, 6.45) is 1.48. The van der Waals surface area contributed by atoms with Gasteiger partial charge in [-0.3, -0.25) is 14.4 Å². The minimum absolute atomic E-state index is 0.000237. The predicted octanol–water partition coefficient (Wildman–Crippen LogP) is 4.98. The van der Waals surface area contributed by atoms with Crippen molar-refractivity contribution >= 4 is 64.4 Å². The van der Waals surface area contributed by atoms with Gasteiger partial charge in [-0.05, 0) is 60.2 Å². The van der Waals surface area contributed by atoms with E-state index in [1.54, 1.807) is 72.8 Å². The van der Waals surface area contributed by atoms with Crippen LogP contribution in [0.3, 0.4) is 0 Å². The summed E-state index contributed by atoms with van der Waals surface area (Å²) in [7, 11) is 0. The third-order valence-electron chi connectivity index (χ3n) is 4.28. The highest BCUT2D eigenvalue weighted by Crippen LogP contribution is 2.24. The number of rotatable bonds is 8. The second-order valence-electron chi connectivity index (χ2n) is 6.78. The highest BCUT2D eigenvalue weighted by Gasteiger charge is 2.16. The minimum atomic E-state index is -0.539. The average Bonchev–Trinajstić information content (AvgIpc) is 2.80. The molecule has 33 heavy (non-hydrogen) atoms. The highest BCUT2D eigenvalue weighted by molar-refractivity contribution is 8.00. The van der Waals surface area contributed by atoms with Crippen molar-refractivity contribution in [3.05, 3.63) is 99.7 Å². The van der Waals surface area contributed by atoms with Gasteiger partial charge in [0.1, 0.15) is 5.70 Å². The molecule has 3 rings (SSSR count). The van der Waals surface area contributed by atoms with Crippen molar-refractivity contribution in [2.75, 3.05) is 11.1 Å². The Labute approximate surface area is 205 Å². The normalized spacial score (nSPS) is 11.0. The average molecular weight is 500 g/mol. The lowest BCUT2D eigenvalue weighted by atomic mass is 10.1. The lowest BCUT2D eigenvalue weighted by molar-refractivity contribution is -0.115. The second-order valence-corrected chi connectivity index (χ2v) is 8.67. The van der Waals surface area contributed by atoms with Crippen molar-refractivity contribution in [3.8, 4) is 0 Å². The van der Waals surface area contributed by atoms with E-state index in [9.17, 15) is 14.4 Å². The van der Waals surface area contributed by atoms with Crippen LogP contribution in [0.15, 0.2) is 83.4 Å². The van der Waals surface area contributed by atoms with Crippen LogP contribution in [0.4, 0.5) is 5.69 Å². The van der Waals surface area contributed by atoms with Gasteiger partial charge < -0.3 is 16.4 Å². The summed E-state index contributed by atoms with van der Waals surface area (Å²) < 4.78 is 0. The zero-order valence-corrected chi connectivity index (χ0v) is 19.5. The van der Waals surface area contributed by atoms with Crippen molar-refractivity contribution < 1.29 is 14.4 Å². The molecule has 0 saturated heterocycles. The van der Waals surface area contributed by atoms with Gasteiger partial charge in [0, 0.05) is 26.2 Å². The molecule has 6 nitrogen and oxygen atoms in total. The maximum Gasteiger partial charge on any atom is 0.272 e. The first kappa shape index (κ1) is 24.4. The number of nitrogens with two attached hydrogens (primary N) is 1. The lowest BCUT2D eigenvalue weighted by Gasteiger charge is -2.12. The number of hydrogen-bond donors (Lipinski definition) is 3. The SMILES string of the molecule is NC(=O)CSc1ccc(NC(=O)/C(=C/c2ccc(Cl)cc2Cl)NC(=O)c2ccccc2)cc1. The van der Waals surface area contributed by atoms with Crippen molar-refractivity contribution in [1.29, 1.82) is 0 Å². The number of benzene rings is 3. The molecular formula is C24H19Cl2N3O3S. The highest BCUT2D eigenvalue weighted by atomic mass is 35.5. The van der Waals surface area contributed by atoms with Gasteiger partial charge in [-0.15, -0.1) is 11.8 Å². The minimum Gasteiger partial charge on any atom is -0.369 e. The van der Waals surface area contributed by atoms with E-state index < -0.39 is 17.7 Å². The van der Waals surface area contributed by atoms with Gasteiger partial charge in [-0.1, -0.05) is 47.5 Å². The Bertz CT molecular complexity index is 1200. The molecule has 0 bridgehead atoms. The number of anilines is 1. The second kappa shape index (κ2) is 11.6. The van der Waals surface area contributed by atoms with Crippen LogP contribution in [0.2, 0.25) is 10.0 Å². The zero-order chi connectivity index (χ0) is 23.8. The summed E-state index contributed by atoms with van der Waals surface area (Å²) in [4.78, 5) is 37.5. The molecule has 0 aliphatic rings. The Balaban J connectivity index is 1.83. The van der Waals surface area contributed by atoms with Gasteiger partial charge in [-0.2, -0.15) is 0 Å². The lowest BCUT2D eigenvalue weighted by Crippen LogP contribution is -2.30. The van der Waals surface area contributed by atoms with Gasteiger partial charge in [0.15, 0.2) is 0 Å². The summed E-state index contributed by atoms with van der Waals surface area (Å²) in [6, 6.07) is 20.2. The van der Waals surface area contributed by atoms with E-state index >= 15 is 0 Å². The zero-order valence-electron chi connectivity index (χ0n) is 17.2. The number of nitrogens with one attached hydrogen (secondary N) is 2. The third kappa shape index (κ3) is 7.39. The number of primary amides is 1. The van der Waals surface area contributed by atoms with Crippen LogP contribution in [0.1, 0.15) is 15.9 Å². The molecule has 0 atom stereocenters. The van der Waals surface area contributed by atoms with Gasteiger partial charge in [-0.25, -0.2) is 0 Å². The monoisotopic (exact) mass is 499 g/mol. The Morgan fingerprint density at radius 2 is 1.64 bits per heavy atom. The van der Waals surface area contributed by atoms with E-state index in [4.69, 9.17) is 28.9 Å². The molecule has 4 N–H and O–H groups in total. The van der Waals surface area contributed by atoms with Crippen LogP contribution in [0, 0.1) is 0 Å². The first-order valence-electron chi connectivity index (χ1n) is 9.67. The number of carbonyl (C=O) groups excluding carboxylic acids is 3. The van der Waals surface area contributed by atoms with Crippen molar-refractivity contribution in [2.45, 2.75) is 4.90 Å². The molecule has 0 aromatic heterocycles. The van der Waals surface area contributed by atoms with E-state index in [0.717, 1.165) is 4.90 Å². The van der Waals surface area contributed by atoms with Crippen LogP contribution in [0.5, 0.6) is 0 Å². The topological polar surface area (TPSA) is 101 Å². The first-order valence-corrected chi connectivity index (χ1v) is 11.4. The fourth-order valence-corrected chi connectivity index (χ4v) is 3.80. The van der Waals surface area contributed by atoms with E-state index in [1.165, 1.54) is 17.8 Å². The molecular weight excluding hydrogens is 481 g/mol. The van der Waals surface area contributed by atoms with Gasteiger partial charge in [0.05, 0.1) is 5.75 Å². The molecule has 0 fully saturated rings. The molecule has 0 unspecified atom stereocenters. The number of amides is 3. The van der Waals surface area contributed by atoms with Crippen molar-refractivity contribution in [3.63, 3.8) is 0 Å². The standard InChI is InChI=1S/C24H19Cl2N3O3S/c25-17-7-6-16(20(26)13-17)12-21(29-23(31)15-4-2-1-3-5-15)24(32)28-18-8-10-19(11-9-18)33-14-22(27)30/h1-13H,14H2,(H2,27,30)(H,28,32)(H,29,31)/b21-12-. The summed E-state index contributed by atoms with van der Waals surface area (Å²) >= 11 is 13.5. The molecule has 0 aliphatic carbocycles. The van der Waals surface area contributed by atoms with Gasteiger partial charge >= 0.3 is 0 Å². The summed E-state index contributed by atoms with van der Waals surface area (Å²) in [6.45, 7) is 0. The molecule has 3 aromatic rings. The van der Waals surface area contributed by atoms with Gasteiger partial charge in [0.25, 0.3) is 11.8 Å². The van der Waals surface area contributed by atoms with E-state index in [2.05, 4.69) is 10.6 Å².